The Morgan fingerprint density at radius 1 is 0.955 bits per heavy atom. The largest absolute Gasteiger partial charge is 0.384 e. The van der Waals surface area contributed by atoms with Gasteiger partial charge >= 0.3 is 0 Å². The number of hydrogen-bond acceptors (Lipinski definition) is 4. The molecule has 0 aliphatic carbocycles. The first-order chi connectivity index (χ1) is 10.9. The van der Waals surface area contributed by atoms with Crippen LogP contribution in [0.15, 0.2) is 0 Å². The van der Waals surface area contributed by atoms with Crippen molar-refractivity contribution >= 4 is 11.6 Å². The van der Waals surface area contributed by atoms with Gasteiger partial charge in [-0.15, -0.1) is 17.5 Å². The summed E-state index contributed by atoms with van der Waals surface area (Å²) >= 11 is 5.42. The highest BCUT2D eigenvalue weighted by atomic mass is 35.5. The minimum atomic E-state index is -0.0269. The molecular formula is C17H29ClO4. The van der Waals surface area contributed by atoms with Gasteiger partial charge in [0.05, 0.1) is 0 Å². The Kier molecular flexibility index (Phi) is 12.8. The fourth-order valence-corrected chi connectivity index (χ4v) is 2.45. The summed E-state index contributed by atoms with van der Waals surface area (Å²) in [4.78, 5) is 0. The molecule has 22 heavy (non-hydrogen) atoms. The zero-order chi connectivity index (χ0) is 15.9. The molecule has 2 rings (SSSR count). The number of alkyl halides is 1. The van der Waals surface area contributed by atoms with E-state index in [-0.39, 0.29) is 19.2 Å². The van der Waals surface area contributed by atoms with E-state index in [4.69, 9.17) is 30.9 Å². The lowest BCUT2D eigenvalue weighted by Gasteiger charge is -2.29. The lowest BCUT2D eigenvalue weighted by molar-refractivity contribution is -0.264. The van der Waals surface area contributed by atoms with E-state index < -0.39 is 0 Å². The zero-order valence-electron chi connectivity index (χ0n) is 13.4. The van der Waals surface area contributed by atoms with Gasteiger partial charge in [0.25, 0.3) is 0 Å². The maximum Gasteiger partial charge on any atom is 0.160 e. The van der Waals surface area contributed by atoms with Crippen LogP contribution in [0.4, 0.5) is 0 Å². The summed E-state index contributed by atoms with van der Waals surface area (Å²) < 4.78 is 16.6. The van der Waals surface area contributed by atoms with E-state index in [0.29, 0.717) is 5.88 Å². The normalized spacial score (nSPS) is 24.6. The third kappa shape index (κ3) is 10.4. The van der Waals surface area contributed by atoms with Gasteiger partial charge in [-0.25, -0.2) is 0 Å². The predicted octanol–water partition coefficient (Wildman–Crippen LogP) is 3.45. The number of rotatable bonds is 5. The molecule has 1 N–H and O–H groups in total. The smallest absolute Gasteiger partial charge is 0.160 e. The van der Waals surface area contributed by atoms with Gasteiger partial charge in [0.1, 0.15) is 6.61 Å². The monoisotopic (exact) mass is 332 g/mol. The first-order valence-corrected chi connectivity index (χ1v) is 8.91. The van der Waals surface area contributed by atoms with Crippen molar-refractivity contribution in [1.82, 2.24) is 0 Å². The molecule has 2 atom stereocenters. The molecule has 2 saturated heterocycles. The Labute approximate surface area is 139 Å². The third-order valence-electron chi connectivity index (χ3n) is 3.47. The topological polar surface area (TPSA) is 47.9 Å². The van der Waals surface area contributed by atoms with Gasteiger partial charge in [-0.3, -0.25) is 0 Å². The van der Waals surface area contributed by atoms with Crippen LogP contribution in [0, 0.1) is 11.8 Å². The first kappa shape index (κ1) is 19.7. The second kappa shape index (κ2) is 14.3. The molecule has 2 aliphatic heterocycles. The van der Waals surface area contributed by atoms with Gasteiger partial charge in [0.2, 0.25) is 0 Å². The van der Waals surface area contributed by atoms with Crippen LogP contribution in [-0.2, 0) is 14.2 Å². The van der Waals surface area contributed by atoms with Gasteiger partial charge in [-0.2, -0.15) is 0 Å². The molecular weight excluding hydrogens is 304 g/mol. The molecule has 5 heteroatoms. The zero-order valence-corrected chi connectivity index (χ0v) is 14.2. The number of halogens is 1. The standard InChI is InChI=1S/C10H18O3.C7H11ClO/c1-3-7-11-9(5-1)13-10-6-2-4-8-12-10;8-6-4-2-1-3-5-7-9/h9-10H,1-8H2;9H,1-2,4,6-7H2. The van der Waals surface area contributed by atoms with Crippen molar-refractivity contribution in [3.05, 3.63) is 0 Å². The quantitative estimate of drug-likeness (QED) is 0.476. The summed E-state index contributed by atoms with van der Waals surface area (Å²) in [6.45, 7) is 1.66. The summed E-state index contributed by atoms with van der Waals surface area (Å²) in [5.41, 5.74) is 0. The molecule has 2 unspecified atom stereocenters. The second-order valence-electron chi connectivity index (χ2n) is 5.39. The molecule has 0 aromatic rings. The fourth-order valence-electron chi connectivity index (χ4n) is 2.26. The Hall–Kier alpha value is -0.310. The highest BCUT2D eigenvalue weighted by Crippen LogP contribution is 2.20. The summed E-state index contributed by atoms with van der Waals surface area (Å²) in [7, 11) is 0. The van der Waals surface area contributed by atoms with Gasteiger partial charge in [0, 0.05) is 25.5 Å². The average Bonchev–Trinajstić information content (AvgIpc) is 2.57. The molecule has 2 aliphatic rings. The van der Waals surface area contributed by atoms with Gasteiger partial charge in [-0.05, 0) is 51.4 Å². The summed E-state index contributed by atoms with van der Waals surface area (Å²) in [5, 5.41) is 8.22. The lowest BCUT2D eigenvalue weighted by atomic mass is 10.2. The highest BCUT2D eigenvalue weighted by Gasteiger charge is 2.21. The molecule has 128 valence electrons. The van der Waals surface area contributed by atoms with Gasteiger partial charge in [0.15, 0.2) is 12.6 Å². The van der Waals surface area contributed by atoms with E-state index in [9.17, 15) is 0 Å². The fraction of sp³-hybridized carbons (Fsp3) is 0.882. The van der Waals surface area contributed by atoms with Crippen molar-refractivity contribution in [1.29, 1.82) is 0 Å². The van der Waals surface area contributed by atoms with E-state index >= 15 is 0 Å². The van der Waals surface area contributed by atoms with Crippen molar-refractivity contribution in [2.75, 3.05) is 25.7 Å². The van der Waals surface area contributed by atoms with E-state index in [2.05, 4.69) is 11.8 Å². The van der Waals surface area contributed by atoms with E-state index in [1.165, 1.54) is 25.7 Å². The summed E-state index contributed by atoms with van der Waals surface area (Å²) in [6, 6.07) is 0. The van der Waals surface area contributed by atoms with Crippen molar-refractivity contribution < 1.29 is 19.3 Å². The molecule has 0 amide bonds. The van der Waals surface area contributed by atoms with Crippen LogP contribution >= 0.6 is 11.6 Å². The van der Waals surface area contributed by atoms with E-state index in [1.807, 2.05) is 0 Å². The number of ether oxygens (including phenoxy) is 3. The maximum atomic E-state index is 8.22. The maximum absolute atomic E-state index is 8.22. The van der Waals surface area contributed by atoms with E-state index in [1.54, 1.807) is 0 Å². The van der Waals surface area contributed by atoms with Crippen LogP contribution in [0.25, 0.3) is 0 Å². The average molecular weight is 333 g/mol. The van der Waals surface area contributed by atoms with Crippen LogP contribution in [0.3, 0.4) is 0 Å². The van der Waals surface area contributed by atoms with Gasteiger partial charge in [-0.1, -0.05) is 5.92 Å². The first-order valence-electron chi connectivity index (χ1n) is 8.38. The molecule has 0 spiro atoms. The van der Waals surface area contributed by atoms with Crippen molar-refractivity contribution in [2.24, 2.45) is 0 Å². The minimum absolute atomic E-state index is 0.00292. The summed E-state index contributed by atoms with van der Waals surface area (Å²) in [5.74, 6) is 6.09. The SMILES string of the molecule is C1CCC(OC2CCCCO2)OC1.OCC#CCCCCCl. The second-order valence-corrected chi connectivity index (χ2v) is 5.76. The molecule has 0 aromatic carbocycles. The Balaban J connectivity index is 0.000000239. The number of aliphatic hydroxyl groups excluding tert-OH is 1. The minimum Gasteiger partial charge on any atom is -0.384 e. The molecule has 0 aromatic heterocycles. The Morgan fingerprint density at radius 2 is 1.59 bits per heavy atom. The molecule has 2 heterocycles. The van der Waals surface area contributed by atoms with Crippen LogP contribution < -0.4 is 0 Å². The van der Waals surface area contributed by atoms with Crippen LogP contribution in [0.5, 0.6) is 0 Å². The Morgan fingerprint density at radius 3 is 2.05 bits per heavy atom. The van der Waals surface area contributed by atoms with Crippen LogP contribution in [0.2, 0.25) is 0 Å². The molecule has 0 saturated carbocycles. The van der Waals surface area contributed by atoms with Crippen molar-refractivity contribution in [3.63, 3.8) is 0 Å². The van der Waals surface area contributed by atoms with Crippen LogP contribution in [0.1, 0.15) is 57.8 Å². The summed E-state index contributed by atoms with van der Waals surface area (Å²) in [6.07, 6.45) is 9.74. The number of aliphatic hydroxyl groups is 1. The molecule has 2 fully saturated rings. The van der Waals surface area contributed by atoms with Crippen LogP contribution in [-0.4, -0.2) is 43.4 Å². The molecule has 0 radical (unpaired) electrons. The predicted molar refractivity (Wildman–Crippen MR) is 87.7 cm³/mol. The number of unbranched alkanes of at least 4 members (excludes halogenated alkanes) is 2. The third-order valence-corrected chi connectivity index (χ3v) is 3.74. The van der Waals surface area contributed by atoms with Crippen molar-refractivity contribution in [2.45, 2.75) is 70.4 Å². The highest BCUT2D eigenvalue weighted by molar-refractivity contribution is 6.17. The van der Waals surface area contributed by atoms with Crippen molar-refractivity contribution in [3.8, 4) is 11.8 Å². The number of hydrogen-bond donors (Lipinski definition) is 1. The Bertz CT molecular complexity index is 286. The van der Waals surface area contributed by atoms with Gasteiger partial charge < -0.3 is 19.3 Å². The molecule has 4 nitrogen and oxygen atoms in total. The molecule has 0 bridgehead atoms. The van der Waals surface area contributed by atoms with E-state index in [0.717, 1.165) is 45.3 Å². The lowest BCUT2D eigenvalue weighted by Crippen LogP contribution is -2.31.